The van der Waals surface area contributed by atoms with E-state index in [0.29, 0.717) is 0 Å². The lowest BCUT2D eigenvalue weighted by molar-refractivity contribution is 0.00798. The molecule has 3 rings (SSSR count). The average Bonchev–Trinajstić information content (AvgIpc) is 2.75. The molecule has 4 heteroatoms. The zero-order valence-electron chi connectivity index (χ0n) is 11.0. The number of ether oxygens (including phenoxy) is 1. The van der Waals surface area contributed by atoms with E-state index in [2.05, 4.69) is 18.2 Å². The van der Waals surface area contributed by atoms with Gasteiger partial charge in [0, 0.05) is 6.42 Å². The normalized spacial score (nSPS) is 33.2. The van der Waals surface area contributed by atoms with Crippen molar-refractivity contribution in [2.75, 3.05) is 11.5 Å². The zero-order chi connectivity index (χ0) is 13.3. The second-order valence-electron chi connectivity index (χ2n) is 5.17. The topological polar surface area (TPSA) is 33.0 Å². The number of rotatable bonds is 1. The Morgan fingerprint density at radius 3 is 2.58 bits per heavy atom. The molecule has 2 aliphatic rings. The van der Waals surface area contributed by atoms with Gasteiger partial charge in [0.15, 0.2) is 5.60 Å². The second kappa shape index (κ2) is 5.05. The maximum Gasteiger partial charge on any atom is 0.175 e. The summed E-state index contributed by atoms with van der Waals surface area (Å²) < 4.78 is 6.08. The van der Waals surface area contributed by atoms with Gasteiger partial charge in [0.05, 0.1) is 12.2 Å². The fraction of sp³-hybridized carbons (Fsp3) is 0.533. The van der Waals surface area contributed by atoms with E-state index in [1.807, 2.05) is 48.6 Å². The SMILES string of the molecule is C[C@]1(C#N)O[C@H](c2ccccc2)CC12SCCCS2. The van der Waals surface area contributed by atoms with Crippen molar-refractivity contribution in [3.63, 3.8) is 0 Å². The number of nitrogens with zero attached hydrogens (tertiary/aromatic N) is 1. The van der Waals surface area contributed by atoms with Crippen LogP contribution in [0.3, 0.4) is 0 Å². The summed E-state index contributed by atoms with van der Waals surface area (Å²) in [6.07, 6.45) is 2.20. The van der Waals surface area contributed by atoms with Crippen LogP contribution in [-0.4, -0.2) is 21.2 Å². The first kappa shape index (κ1) is 13.4. The van der Waals surface area contributed by atoms with Gasteiger partial charge in [-0.3, -0.25) is 0 Å². The Hall–Kier alpha value is -0.630. The van der Waals surface area contributed by atoms with Crippen molar-refractivity contribution in [3.05, 3.63) is 35.9 Å². The molecule has 1 aromatic carbocycles. The largest absolute Gasteiger partial charge is 0.350 e. The van der Waals surface area contributed by atoms with E-state index in [1.165, 1.54) is 12.0 Å². The molecule has 2 saturated heterocycles. The first-order chi connectivity index (χ1) is 9.19. The first-order valence-corrected chi connectivity index (χ1v) is 8.58. The molecule has 0 aromatic heterocycles. The third kappa shape index (κ3) is 2.18. The molecule has 2 heterocycles. The minimum absolute atomic E-state index is 0.0453. The molecule has 0 bridgehead atoms. The standard InChI is InChI=1S/C15H17NOS2/c1-14(11-16)15(18-8-5-9-19-15)10-13(17-14)12-6-3-2-4-7-12/h2-4,6-7,13H,5,8-10H2,1H3/t13-,14+/m0/s1. The van der Waals surface area contributed by atoms with Crippen LogP contribution in [0.25, 0.3) is 0 Å². The summed E-state index contributed by atoms with van der Waals surface area (Å²) in [6, 6.07) is 12.7. The van der Waals surface area contributed by atoms with Gasteiger partial charge in [-0.05, 0) is 30.4 Å². The highest BCUT2D eigenvalue weighted by atomic mass is 32.2. The van der Waals surface area contributed by atoms with Crippen molar-refractivity contribution in [2.45, 2.75) is 35.5 Å². The van der Waals surface area contributed by atoms with Gasteiger partial charge in [-0.15, -0.1) is 23.5 Å². The molecule has 1 spiro atoms. The monoisotopic (exact) mass is 291 g/mol. The lowest BCUT2D eigenvalue weighted by Crippen LogP contribution is -2.44. The Balaban J connectivity index is 1.92. The van der Waals surface area contributed by atoms with Crippen molar-refractivity contribution in [2.24, 2.45) is 0 Å². The number of hydrogen-bond donors (Lipinski definition) is 0. The van der Waals surface area contributed by atoms with Crippen LogP contribution < -0.4 is 0 Å². The summed E-state index contributed by atoms with van der Waals surface area (Å²) in [5.41, 5.74) is 0.496. The Labute approximate surface area is 122 Å². The van der Waals surface area contributed by atoms with E-state index < -0.39 is 5.60 Å². The summed E-state index contributed by atoms with van der Waals surface area (Å²) in [7, 11) is 0. The molecule has 2 fully saturated rings. The minimum atomic E-state index is -0.691. The van der Waals surface area contributed by atoms with Crippen LogP contribution in [0.2, 0.25) is 0 Å². The highest BCUT2D eigenvalue weighted by Crippen LogP contribution is 2.61. The van der Waals surface area contributed by atoms with Crippen molar-refractivity contribution < 1.29 is 4.74 Å². The molecule has 2 nitrogen and oxygen atoms in total. The third-order valence-electron chi connectivity index (χ3n) is 3.90. The van der Waals surface area contributed by atoms with Crippen LogP contribution in [0.4, 0.5) is 0 Å². The molecule has 0 radical (unpaired) electrons. The van der Waals surface area contributed by atoms with Crippen molar-refractivity contribution >= 4 is 23.5 Å². The molecule has 1 aromatic rings. The van der Waals surface area contributed by atoms with Gasteiger partial charge in [-0.1, -0.05) is 30.3 Å². The Morgan fingerprint density at radius 2 is 1.95 bits per heavy atom. The van der Waals surface area contributed by atoms with Gasteiger partial charge < -0.3 is 4.74 Å². The van der Waals surface area contributed by atoms with Crippen LogP contribution in [0.15, 0.2) is 30.3 Å². The summed E-state index contributed by atoms with van der Waals surface area (Å²) >= 11 is 3.84. The summed E-state index contributed by atoms with van der Waals surface area (Å²) in [6.45, 7) is 1.96. The Bertz CT molecular complexity index is 493. The van der Waals surface area contributed by atoms with E-state index in [4.69, 9.17) is 4.74 Å². The third-order valence-corrected chi connectivity index (χ3v) is 7.64. The molecule has 100 valence electrons. The van der Waals surface area contributed by atoms with E-state index in [9.17, 15) is 5.26 Å². The van der Waals surface area contributed by atoms with Crippen LogP contribution in [-0.2, 0) is 4.74 Å². The molecule has 0 N–H and O–H groups in total. The molecular formula is C15H17NOS2. The molecule has 19 heavy (non-hydrogen) atoms. The number of hydrogen-bond acceptors (Lipinski definition) is 4. The highest BCUT2D eigenvalue weighted by molar-refractivity contribution is 8.19. The predicted octanol–water partition coefficient (Wildman–Crippen LogP) is 4.00. The Kier molecular flexibility index (Phi) is 3.55. The molecule has 0 amide bonds. The van der Waals surface area contributed by atoms with Crippen molar-refractivity contribution in [1.82, 2.24) is 0 Å². The first-order valence-electron chi connectivity index (χ1n) is 6.61. The molecule has 0 saturated carbocycles. The fourth-order valence-electron chi connectivity index (χ4n) is 2.79. The zero-order valence-corrected chi connectivity index (χ0v) is 12.6. The lowest BCUT2D eigenvalue weighted by Gasteiger charge is -2.39. The van der Waals surface area contributed by atoms with Crippen LogP contribution in [0, 0.1) is 11.3 Å². The molecule has 0 aliphatic carbocycles. The quantitative estimate of drug-likeness (QED) is 0.783. The maximum atomic E-state index is 9.61. The van der Waals surface area contributed by atoms with E-state index in [0.717, 1.165) is 17.9 Å². The highest BCUT2D eigenvalue weighted by Gasteiger charge is 2.59. The van der Waals surface area contributed by atoms with E-state index in [1.54, 1.807) is 0 Å². The van der Waals surface area contributed by atoms with Crippen molar-refractivity contribution in [1.29, 1.82) is 5.26 Å². The fourth-order valence-corrected chi connectivity index (χ4v) is 6.32. The second-order valence-corrected chi connectivity index (χ2v) is 8.22. The van der Waals surface area contributed by atoms with Gasteiger partial charge in [0.2, 0.25) is 0 Å². The summed E-state index contributed by atoms with van der Waals surface area (Å²) in [5.74, 6) is 2.27. The van der Waals surface area contributed by atoms with E-state index in [-0.39, 0.29) is 10.2 Å². The molecule has 0 unspecified atom stereocenters. The summed E-state index contributed by atoms with van der Waals surface area (Å²) in [4.78, 5) is 0. The van der Waals surface area contributed by atoms with Gasteiger partial charge in [-0.25, -0.2) is 0 Å². The number of nitriles is 1. The number of thioether (sulfide) groups is 2. The van der Waals surface area contributed by atoms with Crippen LogP contribution >= 0.6 is 23.5 Å². The minimum Gasteiger partial charge on any atom is -0.350 e. The smallest absolute Gasteiger partial charge is 0.175 e. The van der Waals surface area contributed by atoms with Crippen LogP contribution in [0.5, 0.6) is 0 Å². The molecular weight excluding hydrogens is 274 g/mol. The van der Waals surface area contributed by atoms with Gasteiger partial charge in [0.1, 0.15) is 4.08 Å². The number of benzene rings is 1. The summed E-state index contributed by atoms with van der Waals surface area (Å²) in [5, 5.41) is 9.61. The lowest BCUT2D eigenvalue weighted by atomic mass is 10.0. The molecule has 2 atom stereocenters. The van der Waals surface area contributed by atoms with Gasteiger partial charge in [0.25, 0.3) is 0 Å². The van der Waals surface area contributed by atoms with Crippen LogP contribution in [0.1, 0.15) is 31.4 Å². The Morgan fingerprint density at radius 1 is 1.26 bits per heavy atom. The predicted molar refractivity (Wildman–Crippen MR) is 81.2 cm³/mol. The molecule has 2 aliphatic heterocycles. The van der Waals surface area contributed by atoms with E-state index >= 15 is 0 Å². The average molecular weight is 291 g/mol. The van der Waals surface area contributed by atoms with Gasteiger partial charge >= 0.3 is 0 Å². The maximum absolute atomic E-state index is 9.61. The van der Waals surface area contributed by atoms with Gasteiger partial charge in [-0.2, -0.15) is 5.26 Å². The van der Waals surface area contributed by atoms with Crippen molar-refractivity contribution in [3.8, 4) is 6.07 Å².